The highest BCUT2D eigenvalue weighted by atomic mass is 19.1. The highest BCUT2D eigenvalue weighted by molar-refractivity contribution is 5.93. The standard InChI is InChI=1S/C25H28FN5O2/c1-14-12-27-23(30-25(33)16-4-3-5-18(8-16)29-15(2)32)11-20(14)17-9-21(26)24-22(10-17)31(13-28-24)19-6-7-19/h9-13,16,18-19H,3-8H2,1-2H3,(H,29,32)(H,27,30,33)/t16?,18-/m1/s1. The molecule has 2 heterocycles. The first kappa shape index (κ1) is 21.6. The van der Waals surface area contributed by atoms with Gasteiger partial charge in [0.1, 0.15) is 11.3 Å². The molecule has 0 spiro atoms. The first-order valence-electron chi connectivity index (χ1n) is 11.6. The maximum absolute atomic E-state index is 14.9. The number of hydrogen-bond donors (Lipinski definition) is 2. The van der Waals surface area contributed by atoms with Crippen molar-refractivity contribution in [3.05, 3.63) is 42.1 Å². The summed E-state index contributed by atoms with van der Waals surface area (Å²) in [5, 5.41) is 5.86. The third-order valence-corrected chi connectivity index (χ3v) is 6.69. The molecule has 1 unspecified atom stereocenters. The van der Waals surface area contributed by atoms with Gasteiger partial charge >= 0.3 is 0 Å². The second kappa shape index (κ2) is 8.57. The lowest BCUT2D eigenvalue weighted by Gasteiger charge is -2.28. The van der Waals surface area contributed by atoms with Crippen molar-refractivity contribution >= 4 is 28.7 Å². The predicted octanol–water partition coefficient (Wildman–Crippen LogP) is 4.51. The molecule has 2 aromatic heterocycles. The van der Waals surface area contributed by atoms with Gasteiger partial charge in [0.25, 0.3) is 0 Å². The molecule has 7 nitrogen and oxygen atoms in total. The number of nitrogens with one attached hydrogen (secondary N) is 2. The fourth-order valence-corrected chi connectivity index (χ4v) is 4.87. The van der Waals surface area contributed by atoms with E-state index in [1.807, 2.05) is 13.0 Å². The van der Waals surface area contributed by atoms with Crippen LogP contribution in [0.5, 0.6) is 0 Å². The van der Waals surface area contributed by atoms with Gasteiger partial charge in [-0.15, -0.1) is 0 Å². The smallest absolute Gasteiger partial charge is 0.228 e. The minimum Gasteiger partial charge on any atom is -0.354 e. The van der Waals surface area contributed by atoms with Crippen molar-refractivity contribution < 1.29 is 14.0 Å². The average molecular weight is 450 g/mol. The van der Waals surface area contributed by atoms with Gasteiger partial charge in [0.2, 0.25) is 11.8 Å². The zero-order valence-corrected chi connectivity index (χ0v) is 18.9. The number of hydrogen-bond acceptors (Lipinski definition) is 4. The van der Waals surface area contributed by atoms with Crippen LogP contribution < -0.4 is 10.6 Å². The predicted molar refractivity (Wildman–Crippen MR) is 124 cm³/mol. The number of carbonyl (C=O) groups is 2. The fraction of sp³-hybridized carbons (Fsp3) is 0.440. The lowest BCUT2D eigenvalue weighted by Crippen LogP contribution is -2.40. The van der Waals surface area contributed by atoms with Crippen molar-refractivity contribution in [1.29, 1.82) is 0 Å². The molecule has 5 rings (SSSR count). The molecule has 2 amide bonds. The van der Waals surface area contributed by atoms with Gasteiger partial charge in [-0.05, 0) is 73.9 Å². The average Bonchev–Trinajstić information content (AvgIpc) is 3.53. The van der Waals surface area contributed by atoms with E-state index in [9.17, 15) is 14.0 Å². The van der Waals surface area contributed by atoms with E-state index in [1.165, 1.54) is 13.0 Å². The first-order chi connectivity index (χ1) is 15.9. The number of carbonyl (C=O) groups excluding carboxylic acids is 2. The molecule has 2 saturated carbocycles. The van der Waals surface area contributed by atoms with Crippen molar-refractivity contribution in [1.82, 2.24) is 19.9 Å². The molecular formula is C25H28FN5O2. The van der Waals surface area contributed by atoms with Crippen LogP contribution in [0.15, 0.2) is 30.7 Å². The number of rotatable bonds is 5. The molecule has 2 aliphatic carbocycles. The first-order valence-corrected chi connectivity index (χ1v) is 11.6. The zero-order valence-electron chi connectivity index (χ0n) is 18.9. The van der Waals surface area contributed by atoms with Crippen LogP contribution in [0.3, 0.4) is 0 Å². The molecule has 2 N–H and O–H groups in total. The Morgan fingerprint density at radius 1 is 1.12 bits per heavy atom. The Kier molecular flexibility index (Phi) is 5.60. The van der Waals surface area contributed by atoms with Crippen LogP contribution in [0.4, 0.5) is 10.2 Å². The molecular weight excluding hydrogens is 421 g/mol. The van der Waals surface area contributed by atoms with Gasteiger partial charge < -0.3 is 15.2 Å². The van der Waals surface area contributed by atoms with E-state index in [0.717, 1.165) is 54.3 Å². The van der Waals surface area contributed by atoms with Crippen LogP contribution in [-0.2, 0) is 9.59 Å². The number of amides is 2. The summed E-state index contributed by atoms with van der Waals surface area (Å²) in [4.78, 5) is 32.9. The van der Waals surface area contributed by atoms with Gasteiger partial charge in [0.05, 0.1) is 11.8 Å². The fourth-order valence-electron chi connectivity index (χ4n) is 4.87. The maximum atomic E-state index is 14.9. The highest BCUT2D eigenvalue weighted by Crippen LogP contribution is 2.39. The van der Waals surface area contributed by atoms with E-state index in [2.05, 4.69) is 25.2 Å². The van der Waals surface area contributed by atoms with E-state index < -0.39 is 0 Å². The number of aromatic nitrogens is 3. The zero-order chi connectivity index (χ0) is 23.1. The van der Waals surface area contributed by atoms with E-state index in [4.69, 9.17) is 0 Å². The molecule has 2 atom stereocenters. The molecule has 2 aliphatic rings. The molecule has 3 aromatic rings. The van der Waals surface area contributed by atoms with Crippen molar-refractivity contribution in [3.8, 4) is 11.1 Å². The van der Waals surface area contributed by atoms with E-state index in [0.29, 0.717) is 23.8 Å². The van der Waals surface area contributed by atoms with Crippen LogP contribution in [0, 0.1) is 18.7 Å². The summed E-state index contributed by atoms with van der Waals surface area (Å²) >= 11 is 0. The number of aryl methyl sites for hydroxylation is 1. The SMILES string of the molecule is CC(=O)N[C@@H]1CCCC(C(=O)Nc2cc(-c3cc(F)c4ncn(C5CC5)c4c3)c(C)cn2)C1. The molecule has 172 valence electrons. The summed E-state index contributed by atoms with van der Waals surface area (Å²) in [5.41, 5.74) is 3.63. The Morgan fingerprint density at radius 3 is 2.70 bits per heavy atom. The van der Waals surface area contributed by atoms with E-state index in [1.54, 1.807) is 18.6 Å². The second-order valence-corrected chi connectivity index (χ2v) is 9.34. The summed E-state index contributed by atoms with van der Waals surface area (Å²) < 4.78 is 16.9. The van der Waals surface area contributed by atoms with E-state index >= 15 is 0 Å². The summed E-state index contributed by atoms with van der Waals surface area (Å²) in [6.45, 7) is 3.42. The minimum atomic E-state index is -0.352. The van der Waals surface area contributed by atoms with Crippen LogP contribution in [0.25, 0.3) is 22.2 Å². The summed E-state index contributed by atoms with van der Waals surface area (Å²) in [6.07, 6.45) is 8.79. The van der Waals surface area contributed by atoms with Crippen molar-refractivity contribution in [2.75, 3.05) is 5.32 Å². The number of halogens is 1. The lowest BCUT2D eigenvalue weighted by molar-refractivity contribution is -0.123. The van der Waals surface area contributed by atoms with Gasteiger partial charge in [-0.3, -0.25) is 9.59 Å². The van der Waals surface area contributed by atoms with Crippen molar-refractivity contribution in [2.45, 2.75) is 64.5 Å². The van der Waals surface area contributed by atoms with E-state index in [-0.39, 0.29) is 29.6 Å². The molecule has 8 heteroatoms. The second-order valence-electron chi connectivity index (χ2n) is 9.34. The Morgan fingerprint density at radius 2 is 1.94 bits per heavy atom. The molecule has 0 radical (unpaired) electrons. The monoisotopic (exact) mass is 449 g/mol. The number of pyridine rings is 1. The molecule has 0 saturated heterocycles. The topological polar surface area (TPSA) is 88.9 Å². The largest absolute Gasteiger partial charge is 0.354 e. The third kappa shape index (κ3) is 4.47. The quantitative estimate of drug-likeness (QED) is 0.600. The number of benzene rings is 1. The van der Waals surface area contributed by atoms with Crippen molar-refractivity contribution in [3.63, 3.8) is 0 Å². The molecule has 2 fully saturated rings. The summed E-state index contributed by atoms with van der Waals surface area (Å²) in [7, 11) is 0. The Hall–Kier alpha value is -3.29. The van der Waals surface area contributed by atoms with Crippen molar-refractivity contribution in [2.24, 2.45) is 5.92 Å². The van der Waals surface area contributed by atoms with Crippen LogP contribution in [0.2, 0.25) is 0 Å². The van der Waals surface area contributed by atoms with Crippen LogP contribution >= 0.6 is 0 Å². The van der Waals surface area contributed by atoms with Gasteiger partial charge in [-0.2, -0.15) is 0 Å². The Balaban J connectivity index is 1.39. The summed E-state index contributed by atoms with van der Waals surface area (Å²) in [6, 6.07) is 5.70. The number of anilines is 1. The van der Waals surface area contributed by atoms with Crippen LogP contribution in [0.1, 0.15) is 57.1 Å². The Bertz CT molecular complexity index is 1230. The van der Waals surface area contributed by atoms with Gasteiger partial charge in [0, 0.05) is 31.1 Å². The summed E-state index contributed by atoms with van der Waals surface area (Å²) in [5.74, 6) is -0.254. The third-order valence-electron chi connectivity index (χ3n) is 6.69. The number of nitrogens with zero attached hydrogens (tertiary/aromatic N) is 3. The maximum Gasteiger partial charge on any atom is 0.228 e. The van der Waals surface area contributed by atoms with Gasteiger partial charge in [0.15, 0.2) is 5.82 Å². The molecule has 0 bridgehead atoms. The lowest BCUT2D eigenvalue weighted by atomic mass is 9.85. The molecule has 33 heavy (non-hydrogen) atoms. The van der Waals surface area contributed by atoms with Gasteiger partial charge in [-0.25, -0.2) is 14.4 Å². The minimum absolute atomic E-state index is 0.0274. The molecule has 1 aromatic carbocycles. The van der Waals surface area contributed by atoms with Crippen LogP contribution in [-0.4, -0.2) is 32.4 Å². The number of imidazole rings is 1. The van der Waals surface area contributed by atoms with Gasteiger partial charge in [-0.1, -0.05) is 6.42 Å². The number of fused-ring (bicyclic) bond motifs is 1. The molecule has 0 aliphatic heterocycles. The normalized spacial score (nSPS) is 20.6. The Labute approximate surface area is 191 Å². The highest BCUT2D eigenvalue weighted by Gasteiger charge is 2.28.